The largest absolute Gasteiger partial charge is 0.480 e. The number of carbonyl (C=O) groups is 2. The average molecular weight is 455 g/mol. The summed E-state index contributed by atoms with van der Waals surface area (Å²) in [6, 6.07) is 14.3. The van der Waals surface area contributed by atoms with Crippen LogP contribution in [-0.4, -0.2) is 35.0 Å². The molecule has 0 fully saturated rings. The van der Waals surface area contributed by atoms with Gasteiger partial charge in [0.1, 0.15) is 6.04 Å². The summed E-state index contributed by atoms with van der Waals surface area (Å²) in [5.41, 5.74) is 2.21. The number of amides is 1. The first-order valence-corrected chi connectivity index (χ1v) is 9.87. The van der Waals surface area contributed by atoms with Crippen LogP contribution in [0.3, 0.4) is 0 Å². The number of carbonyl (C=O) groups excluding carboxylic acids is 1. The summed E-state index contributed by atoms with van der Waals surface area (Å²) in [7, 11) is 0. The summed E-state index contributed by atoms with van der Waals surface area (Å²) in [5, 5.41) is 11.9. The average Bonchev–Trinajstić information content (AvgIpc) is 2.58. The predicted molar refractivity (Wildman–Crippen MR) is 106 cm³/mol. The molecule has 0 aliphatic rings. The van der Waals surface area contributed by atoms with E-state index >= 15 is 0 Å². The Morgan fingerprint density at radius 2 is 1.92 bits per heavy atom. The molecule has 0 saturated heterocycles. The number of carboxylic acid groups (broad SMARTS) is 1. The van der Waals surface area contributed by atoms with Gasteiger partial charge in [0.05, 0.1) is 0 Å². The number of benzene rings is 2. The topological polar surface area (TPSA) is 66.4 Å². The molecule has 0 bridgehead atoms. The van der Waals surface area contributed by atoms with Crippen molar-refractivity contribution in [3.05, 3.63) is 57.7 Å². The van der Waals surface area contributed by atoms with Gasteiger partial charge in [0.2, 0.25) is 0 Å². The number of nitrogens with one attached hydrogen (secondary N) is 1. The van der Waals surface area contributed by atoms with Crippen molar-refractivity contribution in [2.75, 3.05) is 12.0 Å². The van der Waals surface area contributed by atoms with Crippen LogP contribution in [0.15, 0.2) is 48.5 Å². The van der Waals surface area contributed by atoms with E-state index in [1.807, 2.05) is 48.7 Å². The number of aliphatic carboxylic acids is 1. The molecule has 2 N–H and O–H groups in total. The molecule has 6 heteroatoms. The third kappa shape index (κ3) is 4.98. The van der Waals surface area contributed by atoms with Crippen molar-refractivity contribution in [1.29, 1.82) is 0 Å². The normalized spacial score (nSPS) is 11.8. The van der Waals surface area contributed by atoms with Crippen molar-refractivity contribution in [3.63, 3.8) is 0 Å². The zero-order valence-corrected chi connectivity index (χ0v) is 16.1. The summed E-state index contributed by atoms with van der Waals surface area (Å²) >= 11 is 3.75. The molecule has 0 heterocycles. The fourth-order valence-electron chi connectivity index (χ4n) is 2.30. The highest BCUT2D eigenvalue weighted by Gasteiger charge is 2.22. The van der Waals surface area contributed by atoms with Crippen LogP contribution in [0.4, 0.5) is 0 Å². The number of thioether (sulfide) groups is 1. The van der Waals surface area contributed by atoms with Gasteiger partial charge in [0.15, 0.2) is 0 Å². The van der Waals surface area contributed by atoms with Gasteiger partial charge in [-0.2, -0.15) is 11.8 Å². The molecule has 0 radical (unpaired) electrons. The third-order valence-electron chi connectivity index (χ3n) is 3.53. The Morgan fingerprint density at radius 1 is 1.21 bits per heavy atom. The van der Waals surface area contributed by atoms with E-state index in [0.29, 0.717) is 17.7 Å². The maximum absolute atomic E-state index is 12.6. The zero-order valence-electron chi connectivity index (χ0n) is 13.2. The van der Waals surface area contributed by atoms with E-state index < -0.39 is 12.0 Å². The second-order valence-electron chi connectivity index (χ2n) is 5.20. The SMILES string of the molecule is CSCC[C@H](NC(=O)c1ccc(I)cc1-c1ccccc1)C(=O)O. The lowest BCUT2D eigenvalue weighted by atomic mass is 9.99. The van der Waals surface area contributed by atoms with Crippen molar-refractivity contribution in [3.8, 4) is 11.1 Å². The third-order valence-corrected chi connectivity index (χ3v) is 4.84. The number of hydrogen-bond donors (Lipinski definition) is 2. The molecule has 2 aromatic rings. The van der Waals surface area contributed by atoms with Gasteiger partial charge in [-0.05, 0) is 70.3 Å². The first-order valence-electron chi connectivity index (χ1n) is 7.40. The molecule has 0 aliphatic heterocycles. The van der Waals surface area contributed by atoms with Gasteiger partial charge in [-0.25, -0.2) is 4.79 Å². The van der Waals surface area contributed by atoms with Crippen molar-refractivity contribution in [2.24, 2.45) is 0 Å². The van der Waals surface area contributed by atoms with Crippen LogP contribution in [0.1, 0.15) is 16.8 Å². The van der Waals surface area contributed by atoms with E-state index in [0.717, 1.165) is 14.7 Å². The monoisotopic (exact) mass is 455 g/mol. The molecule has 2 rings (SSSR count). The summed E-state index contributed by atoms with van der Waals surface area (Å²) in [6.07, 6.45) is 2.31. The van der Waals surface area contributed by atoms with Crippen LogP contribution in [0.25, 0.3) is 11.1 Å². The van der Waals surface area contributed by atoms with Gasteiger partial charge >= 0.3 is 5.97 Å². The van der Waals surface area contributed by atoms with Gasteiger partial charge in [-0.1, -0.05) is 30.3 Å². The van der Waals surface area contributed by atoms with Crippen molar-refractivity contribution < 1.29 is 14.7 Å². The van der Waals surface area contributed by atoms with E-state index in [2.05, 4.69) is 27.9 Å². The second-order valence-corrected chi connectivity index (χ2v) is 7.43. The van der Waals surface area contributed by atoms with Crippen LogP contribution >= 0.6 is 34.4 Å². The van der Waals surface area contributed by atoms with Crippen molar-refractivity contribution >= 4 is 46.2 Å². The smallest absolute Gasteiger partial charge is 0.326 e. The zero-order chi connectivity index (χ0) is 17.5. The van der Waals surface area contributed by atoms with E-state index in [9.17, 15) is 14.7 Å². The lowest BCUT2D eigenvalue weighted by molar-refractivity contribution is -0.139. The summed E-state index contributed by atoms with van der Waals surface area (Å²) in [6.45, 7) is 0. The molecule has 0 spiro atoms. The minimum Gasteiger partial charge on any atom is -0.480 e. The molecule has 0 saturated carbocycles. The molecule has 2 aromatic carbocycles. The van der Waals surface area contributed by atoms with Crippen molar-refractivity contribution in [2.45, 2.75) is 12.5 Å². The molecular formula is C18H18INO3S. The molecule has 4 nitrogen and oxygen atoms in total. The number of carboxylic acids is 1. The van der Waals surface area contributed by atoms with Crippen LogP contribution in [-0.2, 0) is 4.79 Å². The highest BCUT2D eigenvalue weighted by atomic mass is 127. The Balaban J connectivity index is 2.31. The molecule has 0 aliphatic carbocycles. The van der Waals surface area contributed by atoms with E-state index in [4.69, 9.17) is 0 Å². The molecule has 126 valence electrons. The van der Waals surface area contributed by atoms with Crippen LogP contribution in [0.5, 0.6) is 0 Å². The standard InChI is InChI=1S/C18H18INO3S/c1-24-10-9-16(18(22)23)20-17(21)14-8-7-13(19)11-15(14)12-5-3-2-4-6-12/h2-8,11,16H,9-10H2,1H3,(H,20,21)(H,22,23)/t16-/m0/s1. The van der Waals surface area contributed by atoms with Gasteiger partial charge < -0.3 is 10.4 Å². The minimum atomic E-state index is -1.01. The predicted octanol–water partition coefficient (Wildman–Crippen LogP) is 3.89. The van der Waals surface area contributed by atoms with Gasteiger partial charge in [0.25, 0.3) is 5.91 Å². The van der Waals surface area contributed by atoms with Crippen LogP contribution < -0.4 is 5.32 Å². The lowest BCUT2D eigenvalue weighted by Crippen LogP contribution is -2.41. The highest BCUT2D eigenvalue weighted by Crippen LogP contribution is 2.26. The van der Waals surface area contributed by atoms with Gasteiger partial charge in [-0.15, -0.1) is 0 Å². The van der Waals surface area contributed by atoms with E-state index in [1.54, 1.807) is 17.8 Å². The quantitative estimate of drug-likeness (QED) is 0.622. The van der Waals surface area contributed by atoms with Gasteiger partial charge in [-0.3, -0.25) is 4.79 Å². The Morgan fingerprint density at radius 3 is 2.54 bits per heavy atom. The summed E-state index contributed by atoms with van der Waals surface area (Å²) in [4.78, 5) is 24.0. The van der Waals surface area contributed by atoms with Crippen LogP contribution in [0.2, 0.25) is 0 Å². The Hall–Kier alpha value is -1.54. The second kappa shape index (κ2) is 9.08. The van der Waals surface area contributed by atoms with E-state index in [-0.39, 0.29) is 5.91 Å². The van der Waals surface area contributed by atoms with Crippen molar-refractivity contribution in [1.82, 2.24) is 5.32 Å². The van der Waals surface area contributed by atoms with Gasteiger partial charge in [0, 0.05) is 9.13 Å². The minimum absolute atomic E-state index is 0.362. The molecule has 1 amide bonds. The number of halogens is 1. The van der Waals surface area contributed by atoms with E-state index in [1.165, 1.54) is 0 Å². The molecule has 0 unspecified atom stereocenters. The number of rotatable bonds is 7. The Labute approximate surface area is 159 Å². The summed E-state index contributed by atoms with van der Waals surface area (Å²) < 4.78 is 1.01. The fraction of sp³-hybridized carbons (Fsp3) is 0.222. The molecular weight excluding hydrogens is 437 g/mol. The number of hydrogen-bond acceptors (Lipinski definition) is 3. The highest BCUT2D eigenvalue weighted by molar-refractivity contribution is 14.1. The maximum atomic E-state index is 12.6. The summed E-state index contributed by atoms with van der Waals surface area (Å²) in [5.74, 6) is -0.696. The Kier molecular flexibility index (Phi) is 7.11. The molecule has 0 aromatic heterocycles. The first-order chi connectivity index (χ1) is 11.5. The molecule has 1 atom stereocenters. The Bertz CT molecular complexity index is 721. The lowest BCUT2D eigenvalue weighted by Gasteiger charge is -2.16. The molecule has 24 heavy (non-hydrogen) atoms. The fourth-order valence-corrected chi connectivity index (χ4v) is 3.26. The first kappa shape index (κ1) is 18.8. The maximum Gasteiger partial charge on any atom is 0.326 e. The van der Waals surface area contributed by atoms with Crippen LogP contribution in [0, 0.1) is 3.57 Å².